The Hall–Kier alpha value is -0.610. The summed E-state index contributed by atoms with van der Waals surface area (Å²) in [6.07, 6.45) is 1.08. The first-order chi connectivity index (χ1) is 7.45. The van der Waals surface area contributed by atoms with Crippen LogP contribution in [0, 0.1) is 0 Å². The number of hydrogen-bond acceptors (Lipinski definition) is 4. The third-order valence-electron chi connectivity index (χ3n) is 3.33. The van der Waals surface area contributed by atoms with Crippen molar-refractivity contribution in [2.45, 2.75) is 45.7 Å². The number of esters is 1. The van der Waals surface area contributed by atoms with Gasteiger partial charge in [-0.2, -0.15) is 0 Å². The van der Waals surface area contributed by atoms with Gasteiger partial charge in [0.15, 0.2) is 0 Å². The van der Waals surface area contributed by atoms with Gasteiger partial charge in [-0.1, -0.05) is 13.8 Å². The molecular formula is C12H26N2O2. The van der Waals surface area contributed by atoms with Crippen LogP contribution in [0.3, 0.4) is 0 Å². The van der Waals surface area contributed by atoms with Gasteiger partial charge in [-0.15, -0.1) is 0 Å². The molecule has 0 aliphatic heterocycles. The monoisotopic (exact) mass is 230 g/mol. The molecule has 4 heteroatoms. The SMILES string of the molecule is CCC(C)N(CC)CC(C)(NC)C(=O)OC. The van der Waals surface area contributed by atoms with Crippen LogP contribution >= 0.6 is 0 Å². The highest BCUT2D eigenvalue weighted by Gasteiger charge is 2.35. The normalized spacial score (nSPS) is 16.9. The van der Waals surface area contributed by atoms with Crippen molar-refractivity contribution >= 4 is 5.97 Å². The van der Waals surface area contributed by atoms with Crippen LogP contribution in [0.15, 0.2) is 0 Å². The van der Waals surface area contributed by atoms with Gasteiger partial charge < -0.3 is 10.1 Å². The van der Waals surface area contributed by atoms with Crippen LogP contribution in [0.5, 0.6) is 0 Å². The minimum absolute atomic E-state index is 0.211. The molecule has 0 rings (SSSR count). The lowest BCUT2D eigenvalue weighted by atomic mass is 10.0. The Morgan fingerprint density at radius 3 is 2.38 bits per heavy atom. The van der Waals surface area contributed by atoms with Crippen LogP contribution in [0.2, 0.25) is 0 Å². The zero-order valence-electron chi connectivity index (χ0n) is 11.5. The largest absolute Gasteiger partial charge is 0.468 e. The van der Waals surface area contributed by atoms with Crippen molar-refractivity contribution in [3.8, 4) is 0 Å². The first-order valence-electron chi connectivity index (χ1n) is 5.96. The van der Waals surface area contributed by atoms with Gasteiger partial charge in [0, 0.05) is 12.6 Å². The summed E-state index contributed by atoms with van der Waals surface area (Å²) in [7, 11) is 3.22. The van der Waals surface area contributed by atoms with E-state index in [1.54, 1.807) is 7.05 Å². The second-order valence-electron chi connectivity index (χ2n) is 4.39. The molecule has 0 saturated carbocycles. The highest BCUT2D eigenvalue weighted by molar-refractivity contribution is 5.80. The number of hydrogen-bond donors (Lipinski definition) is 1. The summed E-state index contributed by atoms with van der Waals surface area (Å²) < 4.78 is 4.84. The average molecular weight is 230 g/mol. The summed E-state index contributed by atoms with van der Waals surface area (Å²) in [5.74, 6) is -0.211. The molecule has 0 spiro atoms. The van der Waals surface area contributed by atoms with E-state index in [4.69, 9.17) is 4.74 Å². The number of carbonyl (C=O) groups excluding carboxylic acids is 1. The summed E-state index contributed by atoms with van der Waals surface area (Å²) in [5, 5.41) is 3.06. The first-order valence-corrected chi connectivity index (χ1v) is 5.96. The molecule has 1 N–H and O–H groups in total. The van der Waals surface area contributed by atoms with Crippen LogP contribution < -0.4 is 5.32 Å². The smallest absolute Gasteiger partial charge is 0.327 e. The highest BCUT2D eigenvalue weighted by atomic mass is 16.5. The molecule has 2 unspecified atom stereocenters. The summed E-state index contributed by atoms with van der Waals surface area (Å²) in [4.78, 5) is 14.0. The Labute approximate surface area is 99.3 Å². The summed E-state index contributed by atoms with van der Waals surface area (Å²) in [5.41, 5.74) is -0.631. The second-order valence-corrected chi connectivity index (χ2v) is 4.39. The van der Waals surface area contributed by atoms with Crippen LogP contribution in [0.25, 0.3) is 0 Å². The van der Waals surface area contributed by atoms with Gasteiger partial charge in [0.2, 0.25) is 0 Å². The predicted octanol–water partition coefficient (Wildman–Crippen LogP) is 1.26. The zero-order valence-corrected chi connectivity index (χ0v) is 11.5. The quantitative estimate of drug-likeness (QED) is 0.669. The maximum Gasteiger partial charge on any atom is 0.327 e. The lowest BCUT2D eigenvalue weighted by molar-refractivity contribution is -0.148. The molecule has 0 aromatic carbocycles. The van der Waals surface area contributed by atoms with Crippen LogP contribution in [-0.4, -0.2) is 49.7 Å². The molecule has 0 heterocycles. The Morgan fingerprint density at radius 2 is 2.06 bits per heavy atom. The Balaban J connectivity index is 4.67. The number of likely N-dealkylation sites (N-methyl/N-ethyl adjacent to an activating group) is 2. The first kappa shape index (κ1) is 15.4. The number of ether oxygens (including phenoxy) is 1. The van der Waals surface area contributed by atoms with Crippen molar-refractivity contribution in [3.63, 3.8) is 0 Å². The molecular weight excluding hydrogens is 204 g/mol. The van der Waals surface area contributed by atoms with E-state index in [1.165, 1.54) is 7.11 Å². The second kappa shape index (κ2) is 6.86. The van der Waals surface area contributed by atoms with Gasteiger partial charge in [-0.25, -0.2) is 0 Å². The van der Waals surface area contributed by atoms with Crippen molar-refractivity contribution in [1.82, 2.24) is 10.2 Å². The zero-order chi connectivity index (χ0) is 12.8. The number of carbonyl (C=O) groups is 1. The lowest BCUT2D eigenvalue weighted by Gasteiger charge is -2.35. The molecule has 0 bridgehead atoms. The van der Waals surface area contributed by atoms with Crippen LogP contribution in [0.4, 0.5) is 0 Å². The third kappa shape index (κ3) is 3.76. The molecule has 0 aliphatic rings. The maximum atomic E-state index is 11.7. The Bertz CT molecular complexity index is 221. The molecule has 0 aliphatic carbocycles. The number of nitrogens with one attached hydrogen (secondary N) is 1. The van der Waals surface area contributed by atoms with Crippen molar-refractivity contribution in [1.29, 1.82) is 0 Å². The van der Waals surface area contributed by atoms with E-state index in [0.29, 0.717) is 12.6 Å². The number of rotatable bonds is 7. The fraction of sp³-hybridized carbons (Fsp3) is 0.917. The summed E-state index contributed by atoms with van der Waals surface area (Å²) in [6.45, 7) is 9.92. The van der Waals surface area contributed by atoms with Gasteiger partial charge in [0.25, 0.3) is 0 Å². The topological polar surface area (TPSA) is 41.6 Å². The van der Waals surface area contributed by atoms with Gasteiger partial charge in [0.05, 0.1) is 7.11 Å². The third-order valence-corrected chi connectivity index (χ3v) is 3.33. The minimum Gasteiger partial charge on any atom is -0.468 e. The lowest BCUT2D eigenvalue weighted by Crippen LogP contribution is -2.57. The molecule has 0 fully saturated rings. The van der Waals surface area contributed by atoms with Crippen molar-refractivity contribution in [2.24, 2.45) is 0 Å². The van der Waals surface area contributed by atoms with Gasteiger partial charge in [-0.3, -0.25) is 9.69 Å². The molecule has 16 heavy (non-hydrogen) atoms. The van der Waals surface area contributed by atoms with Crippen molar-refractivity contribution in [2.75, 3.05) is 27.2 Å². The van der Waals surface area contributed by atoms with E-state index < -0.39 is 5.54 Å². The maximum absolute atomic E-state index is 11.7. The van der Waals surface area contributed by atoms with Gasteiger partial charge in [-0.05, 0) is 33.9 Å². The van der Waals surface area contributed by atoms with Gasteiger partial charge in [0.1, 0.15) is 5.54 Å². The number of nitrogens with zero attached hydrogens (tertiary/aromatic N) is 1. The van der Waals surface area contributed by atoms with E-state index in [0.717, 1.165) is 13.0 Å². The predicted molar refractivity (Wildman–Crippen MR) is 66.5 cm³/mol. The molecule has 96 valence electrons. The minimum atomic E-state index is -0.631. The van der Waals surface area contributed by atoms with E-state index in [-0.39, 0.29) is 5.97 Å². The molecule has 4 nitrogen and oxygen atoms in total. The summed E-state index contributed by atoms with van der Waals surface area (Å²) in [6, 6.07) is 0.474. The molecule has 0 radical (unpaired) electrons. The van der Waals surface area contributed by atoms with E-state index in [2.05, 4.69) is 31.0 Å². The molecule has 0 aromatic rings. The van der Waals surface area contributed by atoms with Gasteiger partial charge >= 0.3 is 5.97 Å². The molecule has 0 aromatic heterocycles. The average Bonchev–Trinajstić information content (AvgIpc) is 2.33. The molecule has 0 saturated heterocycles. The van der Waals surface area contributed by atoms with E-state index >= 15 is 0 Å². The van der Waals surface area contributed by atoms with Crippen LogP contribution in [-0.2, 0) is 9.53 Å². The Morgan fingerprint density at radius 1 is 1.50 bits per heavy atom. The van der Waals surface area contributed by atoms with E-state index in [9.17, 15) is 4.79 Å². The number of methoxy groups -OCH3 is 1. The summed E-state index contributed by atoms with van der Waals surface area (Å²) >= 11 is 0. The van der Waals surface area contributed by atoms with Crippen LogP contribution in [0.1, 0.15) is 34.1 Å². The van der Waals surface area contributed by atoms with E-state index in [1.807, 2.05) is 6.92 Å². The fourth-order valence-electron chi connectivity index (χ4n) is 1.71. The standard InChI is InChI=1S/C12H26N2O2/c1-7-10(3)14(8-2)9-12(4,13-5)11(15)16-6/h10,13H,7-9H2,1-6H3. The highest BCUT2D eigenvalue weighted by Crippen LogP contribution is 2.12. The fourth-order valence-corrected chi connectivity index (χ4v) is 1.71. The molecule has 0 amide bonds. The molecule has 2 atom stereocenters. The van der Waals surface area contributed by atoms with Crippen molar-refractivity contribution < 1.29 is 9.53 Å². The van der Waals surface area contributed by atoms with Crippen molar-refractivity contribution in [3.05, 3.63) is 0 Å². The Kier molecular flexibility index (Phi) is 6.60.